The second-order valence-electron chi connectivity index (χ2n) is 6.95. The Morgan fingerprint density at radius 1 is 1.13 bits per heavy atom. The lowest BCUT2D eigenvalue weighted by atomic mass is 10.1. The van der Waals surface area contributed by atoms with Gasteiger partial charge in [-0.05, 0) is 43.3 Å². The van der Waals surface area contributed by atoms with E-state index in [0.717, 1.165) is 22.6 Å². The molecule has 0 unspecified atom stereocenters. The van der Waals surface area contributed by atoms with Crippen molar-refractivity contribution in [2.24, 2.45) is 4.99 Å². The molecule has 1 aromatic heterocycles. The van der Waals surface area contributed by atoms with Crippen LogP contribution < -0.4 is 4.74 Å². The van der Waals surface area contributed by atoms with Gasteiger partial charge in [0.1, 0.15) is 12.4 Å². The molecule has 1 amide bonds. The molecule has 0 spiro atoms. The number of amidine groups is 1. The highest BCUT2D eigenvalue weighted by Gasteiger charge is 2.30. The summed E-state index contributed by atoms with van der Waals surface area (Å²) in [5, 5.41) is 3.22. The number of benzene rings is 2. The van der Waals surface area contributed by atoms with Crippen LogP contribution in [0.4, 0.5) is 5.13 Å². The Balaban J connectivity index is 1.55. The number of amides is 1. The Morgan fingerprint density at radius 3 is 2.63 bits per heavy atom. The summed E-state index contributed by atoms with van der Waals surface area (Å²) in [6.07, 6.45) is 1.86. The van der Waals surface area contributed by atoms with Crippen molar-refractivity contribution in [3.8, 4) is 5.75 Å². The molecule has 0 bridgehead atoms. The molecule has 0 aliphatic carbocycles. The van der Waals surface area contributed by atoms with Crippen LogP contribution in [0.25, 0.3) is 6.08 Å². The van der Waals surface area contributed by atoms with E-state index >= 15 is 0 Å². The molecule has 1 fully saturated rings. The van der Waals surface area contributed by atoms with Crippen molar-refractivity contribution in [2.45, 2.75) is 20.5 Å². The summed E-state index contributed by atoms with van der Waals surface area (Å²) in [6, 6.07) is 16.0. The maximum atomic E-state index is 12.7. The fraction of sp³-hybridized carbons (Fsp3) is 0.174. The van der Waals surface area contributed by atoms with Crippen LogP contribution in [0, 0.1) is 13.8 Å². The minimum absolute atomic E-state index is 0.0830. The van der Waals surface area contributed by atoms with Crippen molar-refractivity contribution < 1.29 is 9.53 Å². The van der Waals surface area contributed by atoms with Gasteiger partial charge in [-0.15, -0.1) is 11.3 Å². The summed E-state index contributed by atoms with van der Waals surface area (Å²) in [4.78, 5) is 23.8. The lowest BCUT2D eigenvalue weighted by Gasteiger charge is -2.10. The number of carbonyl (C=O) groups excluding carboxylic acids is 1. The van der Waals surface area contributed by atoms with Crippen LogP contribution in [0.1, 0.15) is 22.4 Å². The lowest BCUT2D eigenvalue weighted by Crippen LogP contribution is -2.23. The molecule has 30 heavy (non-hydrogen) atoms. The Kier molecular flexibility index (Phi) is 6.01. The van der Waals surface area contributed by atoms with E-state index in [2.05, 4.69) is 41.2 Å². The van der Waals surface area contributed by atoms with Gasteiger partial charge in [0, 0.05) is 18.0 Å². The zero-order valence-electron chi connectivity index (χ0n) is 17.0. The molecule has 2 heterocycles. The smallest absolute Gasteiger partial charge is 0.266 e. The first-order valence-corrected chi connectivity index (χ1v) is 11.1. The molecule has 152 valence electrons. The number of thioether (sulfide) groups is 1. The topological polar surface area (TPSA) is 54.8 Å². The Morgan fingerprint density at radius 2 is 1.90 bits per heavy atom. The predicted molar refractivity (Wildman–Crippen MR) is 124 cm³/mol. The number of rotatable bonds is 5. The SMILES string of the molecule is Cc1ccc(COc2ccccc2/C=C2\S/C(=N/c3nc(C)cs3)N(C)C2=O)cc1. The van der Waals surface area contributed by atoms with Gasteiger partial charge in [-0.3, -0.25) is 9.69 Å². The molecule has 1 aliphatic rings. The fourth-order valence-corrected chi connectivity index (χ4v) is 4.53. The zero-order chi connectivity index (χ0) is 21.1. The van der Waals surface area contributed by atoms with Crippen molar-refractivity contribution in [3.05, 3.63) is 81.2 Å². The fourth-order valence-electron chi connectivity index (χ4n) is 2.84. The van der Waals surface area contributed by atoms with Crippen molar-refractivity contribution in [1.29, 1.82) is 0 Å². The molecule has 7 heteroatoms. The number of thiazole rings is 1. The van der Waals surface area contributed by atoms with Gasteiger partial charge in [-0.25, -0.2) is 4.98 Å². The normalized spacial score (nSPS) is 16.6. The van der Waals surface area contributed by atoms with Crippen LogP contribution in [0.3, 0.4) is 0 Å². The van der Waals surface area contributed by atoms with E-state index in [4.69, 9.17) is 4.74 Å². The number of likely N-dealkylation sites (N-methyl/N-ethyl adjacent to an activating group) is 1. The Bertz CT molecular complexity index is 1130. The van der Waals surface area contributed by atoms with Gasteiger partial charge in [0.25, 0.3) is 5.91 Å². The zero-order valence-corrected chi connectivity index (χ0v) is 18.6. The third-order valence-corrected chi connectivity index (χ3v) is 6.43. The van der Waals surface area contributed by atoms with E-state index in [9.17, 15) is 4.79 Å². The quantitative estimate of drug-likeness (QED) is 0.492. The Labute approximate surface area is 184 Å². The van der Waals surface area contributed by atoms with Crippen LogP contribution >= 0.6 is 23.1 Å². The molecule has 1 saturated heterocycles. The number of aromatic nitrogens is 1. The lowest BCUT2D eigenvalue weighted by molar-refractivity contribution is -0.121. The van der Waals surface area contributed by atoms with E-state index in [1.54, 1.807) is 11.9 Å². The molecule has 3 aromatic rings. The molecule has 0 atom stereocenters. The van der Waals surface area contributed by atoms with Gasteiger partial charge in [0.15, 0.2) is 5.17 Å². The highest BCUT2D eigenvalue weighted by Crippen LogP contribution is 2.35. The predicted octanol–water partition coefficient (Wildman–Crippen LogP) is 5.57. The first kappa shape index (κ1) is 20.4. The second-order valence-corrected chi connectivity index (χ2v) is 8.80. The molecular weight excluding hydrogens is 414 g/mol. The van der Waals surface area contributed by atoms with E-state index in [0.29, 0.717) is 21.8 Å². The number of ether oxygens (including phenoxy) is 1. The molecule has 0 saturated carbocycles. The van der Waals surface area contributed by atoms with Crippen LogP contribution in [0.5, 0.6) is 5.75 Å². The molecular formula is C23H21N3O2S2. The van der Waals surface area contributed by atoms with Crippen LogP contribution in [-0.2, 0) is 11.4 Å². The highest BCUT2D eigenvalue weighted by molar-refractivity contribution is 8.18. The summed E-state index contributed by atoms with van der Waals surface area (Å²) in [5.41, 5.74) is 4.10. The summed E-state index contributed by atoms with van der Waals surface area (Å²) in [6.45, 7) is 4.46. The van der Waals surface area contributed by atoms with Gasteiger partial charge >= 0.3 is 0 Å². The van der Waals surface area contributed by atoms with Crippen molar-refractivity contribution >= 4 is 45.4 Å². The molecule has 2 aromatic carbocycles. The third-order valence-electron chi connectivity index (χ3n) is 4.52. The van der Waals surface area contributed by atoms with E-state index < -0.39 is 0 Å². The van der Waals surface area contributed by atoms with Crippen LogP contribution in [0.2, 0.25) is 0 Å². The first-order valence-electron chi connectivity index (χ1n) is 9.45. The number of para-hydroxylation sites is 1. The average molecular weight is 436 g/mol. The van der Waals surface area contributed by atoms with E-state index in [1.807, 2.05) is 42.6 Å². The summed E-state index contributed by atoms with van der Waals surface area (Å²) in [5.74, 6) is 0.655. The van der Waals surface area contributed by atoms with Crippen molar-refractivity contribution in [3.63, 3.8) is 0 Å². The van der Waals surface area contributed by atoms with Gasteiger partial charge in [0.2, 0.25) is 5.13 Å². The second kappa shape index (κ2) is 8.85. The molecule has 1 aliphatic heterocycles. The first-order chi connectivity index (χ1) is 14.5. The number of carbonyl (C=O) groups is 1. The van der Waals surface area contributed by atoms with Crippen LogP contribution in [-0.4, -0.2) is 28.0 Å². The molecule has 0 radical (unpaired) electrons. The maximum absolute atomic E-state index is 12.7. The number of aryl methyl sites for hydroxylation is 2. The highest BCUT2D eigenvalue weighted by atomic mass is 32.2. The average Bonchev–Trinajstić information content (AvgIpc) is 3.27. The van der Waals surface area contributed by atoms with E-state index in [1.165, 1.54) is 28.7 Å². The van der Waals surface area contributed by atoms with Gasteiger partial charge < -0.3 is 4.74 Å². The minimum Gasteiger partial charge on any atom is -0.488 e. The van der Waals surface area contributed by atoms with Gasteiger partial charge in [-0.2, -0.15) is 4.99 Å². The molecule has 4 rings (SSSR count). The Hall–Kier alpha value is -2.90. The van der Waals surface area contributed by atoms with Gasteiger partial charge in [-0.1, -0.05) is 48.0 Å². The minimum atomic E-state index is -0.0830. The number of hydrogen-bond acceptors (Lipinski definition) is 6. The largest absolute Gasteiger partial charge is 0.488 e. The number of aliphatic imine (C=N–C) groups is 1. The summed E-state index contributed by atoms with van der Waals surface area (Å²) < 4.78 is 6.04. The maximum Gasteiger partial charge on any atom is 0.266 e. The number of hydrogen-bond donors (Lipinski definition) is 0. The van der Waals surface area contributed by atoms with Crippen LogP contribution in [0.15, 0.2) is 63.8 Å². The number of nitrogens with zero attached hydrogens (tertiary/aromatic N) is 3. The monoisotopic (exact) mass is 435 g/mol. The van der Waals surface area contributed by atoms with Gasteiger partial charge in [0.05, 0.1) is 10.6 Å². The van der Waals surface area contributed by atoms with Crippen molar-refractivity contribution in [1.82, 2.24) is 9.88 Å². The standard InChI is InChI=1S/C23H21N3O2S2/c1-15-8-10-17(11-9-15)13-28-19-7-5-4-6-18(19)12-20-21(27)26(3)23(30-20)25-22-24-16(2)14-29-22/h4-12,14H,13H2,1-3H3/b20-12-,25-23+. The summed E-state index contributed by atoms with van der Waals surface area (Å²) in [7, 11) is 1.73. The van der Waals surface area contributed by atoms with Crippen molar-refractivity contribution in [2.75, 3.05) is 7.05 Å². The molecule has 5 nitrogen and oxygen atoms in total. The summed E-state index contributed by atoms with van der Waals surface area (Å²) >= 11 is 2.81. The third kappa shape index (κ3) is 4.63. The van der Waals surface area contributed by atoms with E-state index in [-0.39, 0.29) is 5.91 Å². The molecule has 0 N–H and O–H groups in total.